The summed E-state index contributed by atoms with van der Waals surface area (Å²) in [7, 11) is 0. The molecule has 0 fully saturated rings. The van der Waals surface area contributed by atoms with Crippen LogP contribution < -0.4 is 5.32 Å². The molecule has 10 heteroatoms. The molecule has 0 bridgehead atoms. The summed E-state index contributed by atoms with van der Waals surface area (Å²) in [6.45, 7) is 0.132. The van der Waals surface area contributed by atoms with Crippen LogP contribution in [0.15, 0.2) is 65.7 Å². The van der Waals surface area contributed by atoms with E-state index in [1.807, 2.05) is 0 Å². The van der Waals surface area contributed by atoms with E-state index in [4.69, 9.17) is 4.42 Å². The number of nitrogens with one attached hydrogen (secondary N) is 1. The SMILES string of the molecule is O=C(CCN(Cc1ccco1)C(=O)c1cnccn1)NCc1cccc(C(F)(F)F)c1. The Labute approximate surface area is 175 Å². The highest BCUT2D eigenvalue weighted by Crippen LogP contribution is 2.29. The molecule has 0 aliphatic rings. The van der Waals surface area contributed by atoms with Crippen LogP contribution in [0.25, 0.3) is 0 Å². The van der Waals surface area contributed by atoms with Crippen LogP contribution in [0.5, 0.6) is 0 Å². The smallest absolute Gasteiger partial charge is 0.416 e. The van der Waals surface area contributed by atoms with E-state index < -0.39 is 23.6 Å². The summed E-state index contributed by atoms with van der Waals surface area (Å²) in [5.74, 6) is -0.300. The summed E-state index contributed by atoms with van der Waals surface area (Å²) < 4.78 is 43.7. The van der Waals surface area contributed by atoms with E-state index in [1.165, 1.54) is 41.9 Å². The second kappa shape index (κ2) is 9.88. The third-order valence-electron chi connectivity index (χ3n) is 4.35. The number of aromatic nitrogens is 2. The van der Waals surface area contributed by atoms with E-state index in [9.17, 15) is 22.8 Å². The normalized spacial score (nSPS) is 11.2. The van der Waals surface area contributed by atoms with Crippen LogP contribution in [0.3, 0.4) is 0 Å². The van der Waals surface area contributed by atoms with Gasteiger partial charge in [-0.3, -0.25) is 14.6 Å². The van der Waals surface area contributed by atoms with E-state index >= 15 is 0 Å². The van der Waals surface area contributed by atoms with Gasteiger partial charge in [0, 0.05) is 31.9 Å². The van der Waals surface area contributed by atoms with Crippen molar-refractivity contribution in [3.05, 3.63) is 83.8 Å². The highest BCUT2D eigenvalue weighted by molar-refractivity contribution is 5.92. The van der Waals surface area contributed by atoms with Gasteiger partial charge in [-0.15, -0.1) is 0 Å². The fourth-order valence-corrected chi connectivity index (χ4v) is 2.80. The average molecular weight is 432 g/mol. The minimum Gasteiger partial charge on any atom is -0.467 e. The molecule has 162 valence electrons. The summed E-state index contributed by atoms with van der Waals surface area (Å²) >= 11 is 0. The fourth-order valence-electron chi connectivity index (χ4n) is 2.80. The summed E-state index contributed by atoms with van der Waals surface area (Å²) in [5, 5.41) is 2.57. The molecule has 31 heavy (non-hydrogen) atoms. The lowest BCUT2D eigenvalue weighted by atomic mass is 10.1. The molecule has 2 heterocycles. The summed E-state index contributed by atoms with van der Waals surface area (Å²) in [4.78, 5) is 34.2. The molecule has 0 spiro atoms. The molecule has 3 rings (SSSR count). The number of carbonyl (C=O) groups excluding carboxylic acids is 2. The maximum absolute atomic E-state index is 12.8. The van der Waals surface area contributed by atoms with Gasteiger partial charge in [-0.05, 0) is 29.8 Å². The molecule has 2 amide bonds. The third-order valence-corrected chi connectivity index (χ3v) is 4.35. The van der Waals surface area contributed by atoms with Crippen molar-refractivity contribution in [2.75, 3.05) is 6.54 Å². The van der Waals surface area contributed by atoms with Gasteiger partial charge < -0.3 is 14.6 Å². The van der Waals surface area contributed by atoms with Gasteiger partial charge in [-0.1, -0.05) is 12.1 Å². The maximum Gasteiger partial charge on any atom is 0.416 e. The van der Waals surface area contributed by atoms with Crippen molar-refractivity contribution >= 4 is 11.8 Å². The third kappa shape index (κ3) is 6.39. The molecule has 0 unspecified atom stereocenters. The predicted molar refractivity (Wildman–Crippen MR) is 103 cm³/mol. The van der Waals surface area contributed by atoms with E-state index in [0.717, 1.165) is 12.1 Å². The van der Waals surface area contributed by atoms with Gasteiger partial charge in [-0.25, -0.2) is 4.98 Å². The molecule has 0 aliphatic carbocycles. The number of rotatable bonds is 8. The lowest BCUT2D eigenvalue weighted by molar-refractivity contribution is -0.137. The first-order valence-electron chi connectivity index (χ1n) is 9.33. The highest BCUT2D eigenvalue weighted by Gasteiger charge is 2.30. The molecule has 1 aromatic carbocycles. The van der Waals surface area contributed by atoms with Gasteiger partial charge in [0.25, 0.3) is 5.91 Å². The monoisotopic (exact) mass is 432 g/mol. The predicted octanol–water partition coefficient (Wildman–Crippen LogP) is 3.44. The number of amides is 2. The molecule has 3 aromatic rings. The van der Waals surface area contributed by atoms with Gasteiger partial charge in [0.05, 0.1) is 24.6 Å². The summed E-state index contributed by atoms with van der Waals surface area (Å²) in [5.41, 5.74) is -0.330. The van der Waals surface area contributed by atoms with Crippen molar-refractivity contribution in [2.24, 2.45) is 0 Å². The first-order valence-corrected chi connectivity index (χ1v) is 9.33. The van der Waals surface area contributed by atoms with Gasteiger partial charge in [-0.2, -0.15) is 13.2 Å². The van der Waals surface area contributed by atoms with Crippen LogP contribution in [0, 0.1) is 0 Å². The number of carbonyl (C=O) groups is 2. The van der Waals surface area contributed by atoms with Crippen molar-refractivity contribution in [3.8, 4) is 0 Å². The molecule has 2 aromatic heterocycles. The zero-order chi connectivity index (χ0) is 22.3. The Morgan fingerprint density at radius 1 is 1.13 bits per heavy atom. The van der Waals surface area contributed by atoms with Crippen LogP contribution >= 0.6 is 0 Å². The van der Waals surface area contributed by atoms with Crippen molar-refractivity contribution in [2.45, 2.75) is 25.7 Å². The molecule has 0 saturated carbocycles. The number of hydrogen-bond donors (Lipinski definition) is 1. The molecular weight excluding hydrogens is 413 g/mol. The fraction of sp³-hybridized carbons (Fsp3) is 0.238. The summed E-state index contributed by atoms with van der Waals surface area (Å²) in [6, 6.07) is 8.12. The summed E-state index contributed by atoms with van der Waals surface area (Å²) in [6.07, 6.45) is 1.13. The number of nitrogens with zero attached hydrogens (tertiary/aromatic N) is 3. The highest BCUT2D eigenvalue weighted by atomic mass is 19.4. The Morgan fingerprint density at radius 3 is 2.65 bits per heavy atom. The quantitative estimate of drug-likeness (QED) is 0.589. The van der Waals surface area contributed by atoms with E-state index in [-0.39, 0.29) is 31.7 Å². The lowest BCUT2D eigenvalue weighted by Crippen LogP contribution is -2.35. The zero-order valence-electron chi connectivity index (χ0n) is 16.3. The Morgan fingerprint density at radius 2 is 1.97 bits per heavy atom. The van der Waals surface area contributed by atoms with Gasteiger partial charge in [0.1, 0.15) is 11.5 Å². The van der Waals surface area contributed by atoms with Crippen molar-refractivity contribution < 1.29 is 27.2 Å². The lowest BCUT2D eigenvalue weighted by Gasteiger charge is -2.21. The van der Waals surface area contributed by atoms with E-state index in [2.05, 4.69) is 15.3 Å². The first-order chi connectivity index (χ1) is 14.8. The minimum absolute atomic E-state index is 0.0499. The Bertz CT molecular complexity index is 1010. The average Bonchev–Trinajstić information content (AvgIpc) is 3.28. The van der Waals surface area contributed by atoms with Gasteiger partial charge in [0.15, 0.2) is 0 Å². The molecule has 1 N–H and O–H groups in total. The molecule has 0 aliphatic heterocycles. The number of furan rings is 1. The second-order valence-corrected chi connectivity index (χ2v) is 6.62. The maximum atomic E-state index is 12.8. The van der Waals surface area contributed by atoms with Crippen LogP contribution in [0.1, 0.15) is 33.8 Å². The van der Waals surface area contributed by atoms with Crippen LogP contribution in [0.2, 0.25) is 0 Å². The first kappa shape index (κ1) is 22.0. The Balaban J connectivity index is 1.59. The Hall–Kier alpha value is -3.69. The number of halogens is 3. The minimum atomic E-state index is -4.45. The van der Waals surface area contributed by atoms with Crippen molar-refractivity contribution in [1.29, 1.82) is 0 Å². The zero-order valence-corrected chi connectivity index (χ0v) is 16.3. The van der Waals surface area contributed by atoms with E-state index in [0.29, 0.717) is 11.3 Å². The Kier molecular flexibility index (Phi) is 7.01. The molecule has 7 nitrogen and oxygen atoms in total. The van der Waals surface area contributed by atoms with Gasteiger partial charge >= 0.3 is 6.18 Å². The standard InChI is InChI=1S/C21H19F3N4O3/c22-21(23,24)16-4-1-3-15(11-16)12-27-19(29)6-9-28(14-17-5-2-10-31-17)20(30)18-13-25-7-8-26-18/h1-5,7-8,10-11,13H,6,9,12,14H2,(H,27,29). The van der Waals surface area contributed by atoms with E-state index in [1.54, 1.807) is 12.1 Å². The second-order valence-electron chi connectivity index (χ2n) is 6.62. The molecule has 0 atom stereocenters. The number of benzene rings is 1. The molecular formula is C21H19F3N4O3. The van der Waals surface area contributed by atoms with Crippen molar-refractivity contribution in [3.63, 3.8) is 0 Å². The number of alkyl halides is 3. The van der Waals surface area contributed by atoms with Crippen LogP contribution in [-0.4, -0.2) is 33.2 Å². The van der Waals surface area contributed by atoms with Crippen LogP contribution in [0.4, 0.5) is 13.2 Å². The largest absolute Gasteiger partial charge is 0.467 e. The topological polar surface area (TPSA) is 88.3 Å². The van der Waals surface area contributed by atoms with Crippen LogP contribution in [-0.2, 0) is 24.1 Å². The number of hydrogen-bond acceptors (Lipinski definition) is 5. The van der Waals surface area contributed by atoms with Gasteiger partial charge in [0.2, 0.25) is 5.91 Å². The molecule has 0 radical (unpaired) electrons. The van der Waals surface area contributed by atoms with Crippen molar-refractivity contribution in [1.82, 2.24) is 20.2 Å². The molecule has 0 saturated heterocycles.